The quantitative estimate of drug-likeness (QED) is 0.269. The average molecular weight is 563 g/mol. The Balaban J connectivity index is 2.46. The van der Waals surface area contributed by atoms with E-state index in [4.69, 9.17) is 21.1 Å². The minimum absolute atomic E-state index is 0.135. The van der Waals surface area contributed by atoms with Gasteiger partial charge in [-0.3, -0.25) is 4.79 Å². The van der Waals surface area contributed by atoms with Gasteiger partial charge in [0.15, 0.2) is 16.3 Å². The van der Waals surface area contributed by atoms with Crippen LogP contribution >= 0.6 is 34.2 Å². The van der Waals surface area contributed by atoms with Crippen molar-refractivity contribution in [3.8, 4) is 5.75 Å². The lowest BCUT2D eigenvalue weighted by Gasteiger charge is -2.35. The summed E-state index contributed by atoms with van der Waals surface area (Å²) >= 11 is 8.42. The number of carbonyl (C=O) groups is 1. The van der Waals surface area contributed by atoms with Crippen molar-refractivity contribution in [2.24, 2.45) is 5.41 Å². The van der Waals surface area contributed by atoms with Crippen molar-refractivity contribution in [1.29, 1.82) is 0 Å². The van der Waals surface area contributed by atoms with Gasteiger partial charge in [-0.15, -0.1) is 0 Å². The molecule has 0 aliphatic heterocycles. The molecule has 0 saturated heterocycles. The van der Waals surface area contributed by atoms with Crippen LogP contribution in [0.2, 0.25) is 5.15 Å². The second-order valence-electron chi connectivity index (χ2n) is 8.36. The first-order chi connectivity index (χ1) is 14.5. The van der Waals surface area contributed by atoms with E-state index >= 15 is 0 Å². The molecule has 7 nitrogen and oxygen atoms in total. The van der Waals surface area contributed by atoms with Gasteiger partial charge in [0.25, 0.3) is 0 Å². The van der Waals surface area contributed by atoms with Crippen LogP contribution in [0.4, 0.5) is 0 Å². The van der Waals surface area contributed by atoms with Crippen LogP contribution in [0.25, 0.3) is 0 Å². The van der Waals surface area contributed by atoms with Crippen molar-refractivity contribution in [2.45, 2.75) is 46.6 Å². The molecule has 0 aromatic carbocycles. The monoisotopic (exact) mass is 562 g/mol. The Labute approximate surface area is 200 Å². The molecule has 9 heteroatoms. The molecule has 0 fully saturated rings. The van der Waals surface area contributed by atoms with Crippen LogP contribution in [0.3, 0.4) is 0 Å². The number of carboxylic acid groups (broad SMARTS) is 1. The molecular formula is C22H28ClIN2O5. The minimum atomic E-state index is -1.22. The Morgan fingerprint density at radius 2 is 2.03 bits per heavy atom. The van der Waals surface area contributed by atoms with Gasteiger partial charge < -0.3 is 19.1 Å². The first-order valence-electron chi connectivity index (χ1n) is 9.89. The van der Waals surface area contributed by atoms with E-state index in [0.29, 0.717) is 36.2 Å². The van der Waals surface area contributed by atoms with Gasteiger partial charge in [-0.1, -0.05) is 32.4 Å². The maximum atomic E-state index is 12.1. The molecule has 2 heterocycles. The first-order valence-corrected chi connectivity index (χ1v) is 11.3. The largest absolute Gasteiger partial charge is 0.490 e. The molecule has 0 amide bonds. The normalized spacial score (nSPS) is 12.6. The maximum Gasteiger partial charge on any atom is 0.341 e. The van der Waals surface area contributed by atoms with E-state index in [-0.39, 0.29) is 17.0 Å². The molecule has 2 aromatic rings. The number of carboxylic acids is 1. The van der Waals surface area contributed by atoms with Gasteiger partial charge in [0.1, 0.15) is 9.26 Å². The van der Waals surface area contributed by atoms with Gasteiger partial charge in [-0.25, -0.2) is 9.78 Å². The summed E-state index contributed by atoms with van der Waals surface area (Å²) in [5, 5.41) is 9.81. The molecular weight excluding hydrogens is 535 g/mol. The molecule has 2 rings (SSSR count). The molecule has 0 saturated carbocycles. The molecule has 170 valence electrons. The fourth-order valence-corrected chi connectivity index (χ4v) is 4.35. The van der Waals surface area contributed by atoms with Gasteiger partial charge in [0, 0.05) is 44.1 Å². The molecule has 1 atom stereocenters. The Kier molecular flexibility index (Phi) is 8.91. The summed E-state index contributed by atoms with van der Waals surface area (Å²) in [7, 11) is 1.64. The summed E-state index contributed by atoms with van der Waals surface area (Å²) in [4.78, 5) is 28.2. The Morgan fingerprint density at radius 1 is 1.35 bits per heavy atom. The number of aromatic nitrogens is 2. The molecule has 1 unspecified atom stereocenters. The third-order valence-electron chi connectivity index (χ3n) is 5.06. The molecule has 0 bridgehead atoms. The standard InChI is InChI=1S/C22H28ClIN2O5/c1-13-18(21(28)29)15(27)7-8-26(13)17(22(2,3)4)12-14-11-16(19(23)25-20(14)24)31-10-6-9-30-5/h7-8,11,17H,6,9-10,12H2,1-5H3,(H,28,29). The fourth-order valence-electron chi connectivity index (χ4n) is 3.40. The number of nitrogens with zero attached hydrogens (tertiary/aromatic N) is 2. The van der Waals surface area contributed by atoms with E-state index < -0.39 is 11.4 Å². The molecule has 31 heavy (non-hydrogen) atoms. The molecule has 0 aliphatic rings. The summed E-state index contributed by atoms with van der Waals surface area (Å²) in [5.41, 5.74) is 0.415. The predicted octanol–water partition coefficient (Wildman–Crippen LogP) is 4.75. The van der Waals surface area contributed by atoms with Crippen molar-refractivity contribution in [1.82, 2.24) is 9.55 Å². The fraction of sp³-hybridized carbons (Fsp3) is 0.500. The summed E-state index contributed by atoms with van der Waals surface area (Å²) in [6.07, 6.45) is 2.95. The molecule has 0 aliphatic carbocycles. The Bertz CT molecular complexity index is 1000. The van der Waals surface area contributed by atoms with Gasteiger partial charge in [-0.2, -0.15) is 0 Å². The third kappa shape index (κ3) is 6.43. The molecule has 0 radical (unpaired) electrons. The number of rotatable bonds is 9. The second kappa shape index (κ2) is 10.8. The summed E-state index contributed by atoms with van der Waals surface area (Å²) in [5.74, 6) is -0.720. The zero-order chi connectivity index (χ0) is 23.3. The Morgan fingerprint density at radius 3 is 2.61 bits per heavy atom. The first kappa shape index (κ1) is 25.6. The van der Waals surface area contributed by atoms with Crippen LogP contribution in [0.1, 0.15) is 54.8 Å². The van der Waals surface area contributed by atoms with Gasteiger partial charge >= 0.3 is 5.97 Å². The molecule has 2 aromatic heterocycles. The minimum Gasteiger partial charge on any atom is -0.490 e. The SMILES string of the molecule is COCCCOc1cc(CC(n2ccc(=O)c(C(=O)O)c2C)C(C)(C)C)c(I)nc1Cl. The van der Waals surface area contributed by atoms with Crippen LogP contribution in [-0.2, 0) is 11.2 Å². The number of pyridine rings is 2. The highest BCUT2D eigenvalue weighted by Crippen LogP contribution is 2.37. The van der Waals surface area contributed by atoms with Crippen LogP contribution in [-0.4, -0.2) is 41.0 Å². The lowest BCUT2D eigenvalue weighted by molar-refractivity contribution is 0.0692. The number of ether oxygens (including phenoxy) is 2. The lowest BCUT2D eigenvalue weighted by atomic mass is 9.82. The predicted molar refractivity (Wildman–Crippen MR) is 129 cm³/mol. The van der Waals surface area contributed by atoms with Crippen molar-refractivity contribution in [2.75, 3.05) is 20.3 Å². The van der Waals surface area contributed by atoms with E-state index in [9.17, 15) is 14.7 Å². The van der Waals surface area contributed by atoms with E-state index in [1.54, 1.807) is 20.2 Å². The second-order valence-corrected chi connectivity index (χ2v) is 9.74. The van der Waals surface area contributed by atoms with Crippen molar-refractivity contribution in [3.63, 3.8) is 0 Å². The van der Waals surface area contributed by atoms with Crippen LogP contribution < -0.4 is 10.2 Å². The van der Waals surface area contributed by atoms with E-state index in [0.717, 1.165) is 15.7 Å². The number of hydrogen-bond donors (Lipinski definition) is 1. The third-order valence-corrected chi connectivity index (χ3v) is 6.27. The topological polar surface area (TPSA) is 90.7 Å². The number of aromatic carboxylic acids is 1. The van der Waals surface area contributed by atoms with Crippen LogP contribution in [0.5, 0.6) is 5.75 Å². The Hall–Kier alpha value is -1.65. The van der Waals surface area contributed by atoms with Crippen molar-refractivity contribution >= 4 is 40.2 Å². The van der Waals surface area contributed by atoms with Crippen molar-refractivity contribution in [3.05, 3.63) is 54.2 Å². The maximum absolute atomic E-state index is 12.1. The van der Waals surface area contributed by atoms with E-state index in [1.807, 2.05) is 10.6 Å². The number of hydrogen-bond acceptors (Lipinski definition) is 5. The van der Waals surface area contributed by atoms with Crippen LogP contribution in [0.15, 0.2) is 23.1 Å². The summed E-state index contributed by atoms with van der Waals surface area (Å²) < 4.78 is 13.5. The highest BCUT2D eigenvalue weighted by molar-refractivity contribution is 14.1. The lowest BCUT2D eigenvalue weighted by Crippen LogP contribution is -2.31. The molecule has 0 spiro atoms. The highest BCUT2D eigenvalue weighted by atomic mass is 127. The number of halogens is 2. The van der Waals surface area contributed by atoms with Gasteiger partial charge in [0.05, 0.1) is 6.61 Å². The number of methoxy groups -OCH3 is 1. The van der Waals surface area contributed by atoms with E-state index in [1.165, 1.54) is 6.07 Å². The summed E-state index contributed by atoms with van der Waals surface area (Å²) in [6.45, 7) is 8.94. The van der Waals surface area contributed by atoms with E-state index in [2.05, 4.69) is 48.3 Å². The van der Waals surface area contributed by atoms with Crippen LogP contribution in [0, 0.1) is 16.0 Å². The zero-order valence-corrected chi connectivity index (χ0v) is 21.3. The average Bonchev–Trinajstić information content (AvgIpc) is 2.65. The summed E-state index contributed by atoms with van der Waals surface area (Å²) in [6, 6.07) is 3.06. The highest BCUT2D eigenvalue weighted by Gasteiger charge is 2.30. The molecule has 1 N–H and O–H groups in total. The van der Waals surface area contributed by atoms with Crippen molar-refractivity contribution < 1.29 is 19.4 Å². The zero-order valence-electron chi connectivity index (χ0n) is 18.4. The smallest absolute Gasteiger partial charge is 0.341 e. The van der Waals surface area contributed by atoms with Gasteiger partial charge in [0.2, 0.25) is 0 Å². The van der Waals surface area contributed by atoms with Gasteiger partial charge in [-0.05, 0) is 53.0 Å².